The van der Waals surface area contributed by atoms with E-state index in [0.29, 0.717) is 37.2 Å². The SMILES string of the molecule is CCN1CCCC1CNC(=O)c1nnc(-c2ccc(S(=O)(=O)N3CCC(C)CC3)cc2)o1. The second kappa shape index (κ2) is 9.68. The van der Waals surface area contributed by atoms with E-state index in [2.05, 4.69) is 34.3 Å². The Hall–Kier alpha value is -2.30. The van der Waals surface area contributed by atoms with Crippen molar-refractivity contribution in [2.75, 3.05) is 32.7 Å². The largest absolute Gasteiger partial charge is 0.412 e. The number of hydrogen-bond donors (Lipinski definition) is 1. The molecule has 2 aliphatic heterocycles. The van der Waals surface area contributed by atoms with Crippen molar-refractivity contribution in [2.24, 2.45) is 5.92 Å². The highest BCUT2D eigenvalue weighted by Crippen LogP contribution is 2.26. The monoisotopic (exact) mass is 461 g/mol. The molecule has 2 aliphatic rings. The van der Waals surface area contributed by atoms with E-state index in [-0.39, 0.29) is 16.7 Å². The molecule has 0 aliphatic carbocycles. The average Bonchev–Trinajstić information content (AvgIpc) is 3.47. The van der Waals surface area contributed by atoms with Gasteiger partial charge in [-0.05, 0) is 69.0 Å². The molecular formula is C22H31N5O4S. The summed E-state index contributed by atoms with van der Waals surface area (Å²) in [5.41, 5.74) is 0.565. The maximum Gasteiger partial charge on any atom is 0.308 e. The molecule has 1 N–H and O–H groups in total. The van der Waals surface area contributed by atoms with E-state index >= 15 is 0 Å². The Balaban J connectivity index is 1.39. The van der Waals surface area contributed by atoms with Gasteiger partial charge in [0.15, 0.2) is 0 Å². The Morgan fingerprint density at radius 1 is 1.12 bits per heavy atom. The van der Waals surface area contributed by atoms with Gasteiger partial charge in [-0.15, -0.1) is 10.2 Å². The molecule has 1 unspecified atom stereocenters. The van der Waals surface area contributed by atoms with Gasteiger partial charge in [0.05, 0.1) is 4.90 Å². The highest BCUT2D eigenvalue weighted by atomic mass is 32.2. The van der Waals surface area contributed by atoms with Crippen molar-refractivity contribution < 1.29 is 17.6 Å². The number of sulfonamides is 1. The Kier molecular flexibility index (Phi) is 6.92. The second-order valence-electron chi connectivity index (χ2n) is 8.66. The summed E-state index contributed by atoms with van der Waals surface area (Å²) in [6.07, 6.45) is 3.96. The van der Waals surface area contributed by atoms with Crippen molar-refractivity contribution in [3.63, 3.8) is 0 Å². The molecule has 0 bridgehead atoms. The van der Waals surface area contributed by atoms with Gasteiger partial charge in [-0.3, -0.25) is 9.69 Å². The summed E-state index contributed by atoms with van der Waals surface area (Å²) in [4.78, 5) is 15.0. The molecule has 2 saturated heterocycles. The topological polar surface area (TPSA) is 109 Å². The lowest BCUT2D eigenvalue weighted by Gasteiger charge is -2.29. The third-order valence-electron chi connectivity index (χ3n) is 6.50. The summed E-state index contributed by atoms with van der Waals surface area (Å²) in [6, 6.07) is 6.69. The van der Waals surface area contributed by atoms with Crippen molar-refractivity contribution in [1.29, 1.82) is 0 Å². The lowest BCUT2D eigenvalue weighted by Crippen LogP contribution is -2.40. The summed E-state index contributed by atoms with van der Waals surface area (Å²) in [5, 5.41) is 10.7. The molecule has 3 heterocycles. The molecule has 0 radical (unpaired) electrons. The second-order valence-corrected chi connectivity index (χ2v) is 10.6. The van der Waals surface area contributed by atoms with E-state index in [1.807, 2.05) is 0 Å². The molecule has 1 aromatic carbocycles. The molecule has 0 spiro atoms. The molecule has 1 atom stereocenters. The number of piperidine rings is 1. The fourth-order valence-electron chi connectivity index (χ4n) is 4.40. The molecule has 10 heteroatoms. The van der Waals surface area contributed by atoms with Gasteiger partial charge in [-0.1, -0.05) is 13.8 Å². The Bertz CT molecular complexity index is 1030. The quantitative estimate of drug-likeness (QED) is 0.674. The third-order valence-corrected chi connectivity index (χ3v) is 8.42. The molecular weight excluding hydrogens is 430 g/mol. The number of carbonyl (C=O) groups is 1. The summed E-state index contributed by atoms with van der Waals surface area (Å²) in [7, 11) is -3.52. The first-order valence-electron chi connectivity index (χ1n) is 11.3. The maximum absolute atomic E-state index is 12.9. The van der Waals surface area contributed by atoms with Gasteiger partial charge in [0, 0.05) is 31.2 Å². The van der Waals surface area contributed by atoms with Gasteiger partial charge in [0.2, 0.25) is 15.9 Å². The Labute approximate surface area is 189 Å². The Morgan fingerprint density at radius 3 is 2.53 bits per heavy atom. The first-order chi connectivity index (χ1) is 15.4. The first-order valence-corrected chi connectivity index (χ1v) is 12.8. The molecule has 4 rings (SSSR count). The zero-order chi connectivity index (χ0) is 22.7. The minimum Gasteiger partial charge on any atom is -0.412 e. The fraction of sp³-hybridized carbons (Fsp3) is 0.591. The third kappa shape index (κ3) is 4.87. The number of likely N-dealkylation sites (N-methyl/N-ethyl adjacent to an activating group) is 1. The highest BCUT2D eigenvalue weighted by molar-refractivity contribution is 7.89. The van der Waals surface area contributed by atoms with Gasteiger partial charge in [0.25, 0.3) is 0 Å². The van der Waals surface area contributed by atoms with Crippen molar-refractivity contribution in [3.8, 4) is 11.5 Å². The summed E-state index contributed by atoms with van der Waals surface area (Å²) < 4.78 is 32.8. The number of amides is 1. The van der Waals surface area contributed by atoms with Crippen molar-refractivity contribution in [3.05, 3.63) is 30.2 Å². The van der Waals surface area contributed by atoms with Crippen LogP contribution in [0.5, 0.6) is 0 Å². The van der Waals surface area contributed by atoms with Gasteiger partial charge < -0.3 is 9.73 Å². The van der Waals surface area contributed by atoms with Crippen LogP contribution in [0.4, 0.5) is 0 Å². The van der Waals surface area contributed by atoms with Crippen molar-refractivity contribution in [1.82, 2.24) is 24.7 Å². The minimum atomic E-state index is -3.52. The van der Waals surface area contributed by atoms with Crippen LogP contribution in [-0.4, -0.2) is 72.5 Å². The summed E-state index contributed by atoms with van der Waals surface area (Å²) in [6.45, 7) is 7.93. The molecule has 0 saturated carbocycles. The van der Waals surface area contributed by atoms with E-state index in [1.54, 1.807) is 28.6 Å². The number of nitrogens with zero attached hydrogens (tertiary/aromatic N) is 4. The summed E-state index contributed by atoms with van der Waals surface area (Å²) >= 11 is 0. The number of likely N-dealkylation sites (tertiary alicyclic amines) is 1. The predicted molar refractivity (Wildman–Crippen MR) is 119 cm³/mol. The first kappa shape index (κ1) is 22.9. The molecule has 2 fully saturated rings. The van der Waals surface area contributed by atoms with Crippen LogP contribution in [0.15, 0.2) is 33.6 Å². The average molecular weight is 462 g/mol. The Morgan fingerprint density at radius 2 is 1.84 bits per heavy atom. The number of aromatic nitrogens is 2. The van der Waals surface area contributed by atoms with Crippen LogP contribution in [0.2, 0.25) is 0 Å². The zero-order valence-corrected chi connectivity index (χ0v) is 19.5. The smallest absolute Gasteiger partial charge is 0.308 e. The minimum absolute atomic E-state index is 0.0971. The molecule has 32 heavy (non-hydrogen) atoms. The standard InChI is InChI=1S/C22H31N5O4S/c1-3-26-12-4-5-18(26)15-23-20(28)22-25-24-21(31-22)17-6-8-19(9-7-17)32(29,30)27-13-10-16(2)11-14-27/h6-9,16,18H,3-5,10-15H2,1-2H3,(H,23,28). The van der Waals surface area contributed by atoms with E-state index < -0.39 is 15.9 Å². The highest BCUT2D eigenvalue weighted by Gasteiger charge is 2.28. The predicted octanol–water partition coefficient (Wildman–Crippen LogP) is 2.37. The van der Waals surface area contributed by atoms with E-state index in [0.717, 1.165) is 38.8 Å². The van der Waals surface area contributed by atoms with Crippen LogP contribution in [-0.2, 0) is 10.0 Å². The van der Waals surface area contributed by atoms with Gasteiger partial charge in [-0.2, -0.15) is 4.31 Å². The fourth-order valence-corrected chi connectivity index (χ4v) is 5.87. The number of carbonyl (C=O) groups excluding carboxylic acids is 1. The molecule has 174 valence electrons. The number of rotatable bonds is 7. The van der Waals surface area contributed by atoms with Crippen LogP contribution in [0.3, 0.4) is 0 Å². The van der Waals surface area contributed by atoms with E-state index in [9.17, 15) is 13.2 Å². The number of hydrogen-bond acceptors (Lipinski definition) is 7. The van der Waals surface area contributed by atoms with Crippen molar-refractivity contribution >= 4 is 15.9 Å². The zero-order valence-electron chi connectivity index (χ0n) is 18.7. The van der Waals surface area contributed by atoms with E-state index in [1.165, 1.54) is 0 Å². The summed E-state index contributed by atoms with van der Waals surface area (Å²) in [5.74, 6) is 0.240. The van der Waals surface area contributed by atoms with Gasteiger partial charge >= 0.3 is 11.8 Å². The molecule has 1 amide bonds. The molecule has 1 aromatic heterocycles. The lowest BCUT2D eigenvalue weighted by atomic mass is 10.0. The van der Waals surface area contributed by atoms with Gasteiger partial charge in [0.1, 0.15) is 0 Å². The van der Waals surface area contributed by atoms with Gasteiger partial charge in [-0.25, -0.2) is 8.42 Å². The number of nitrogens with one attached hydrogen (secondary N) is 1. The molecule has 2 aromatic rings. The van der Waals surface area contributed by atoms with E-state index in [4.69, 9.17) is 4.42 Å². The lowest BCUT2D eigenvalue weighted by molar-refractivity contribution is 0.0907. The van der Waals surface area contributed by atoms with Crippen LogP contribution >= 0.6 is 0 Å². The normalized spacial score (nSPS) is 21.1. The molecule has 9 nitrogen and oxygen atoms in total. The number of benzene rings is 1. The van der Waals surface area contributed by atoms with Crippen LogP contribution in [0.1, 0.15) is 50.2 Å². The van der Waals surface area contributed by atoms with Crippen LogP contribution in [0, 0.1) is 5.92 Å². The van der Waals surface area contributed by atoms with Crippen LogP contribution < -0.4 is 5.32 Å². The maximum atomic E-state index is 12.9. The van der Waals surface area contributed by atoms with Crippen molar-refractivity contribution in [2.45, 2.75) is 50.5 Å². The van der Waals surface area contributed by atoms with Crippen LogP contribution in [0.25, 0.3) is 11.5 Å².